The summed E-state index contributed by atoms with van der Waals surface area (Å²) in [6.07, 6.45) is -4.36. The number of carboxylic acid groups (broad SMARTS) is 1. The molecule has 0 amide bonds. The number of hydrogen-bond acceptors (Lipinski definition) is 10. The quantitative estimate of drug-likeness (QED) is 0.163. The highest BCUT2D eigenvalue weighted by Crippen LogP contribution is 2.42. The zero-order valence-corrected chi connectivity index (χ0v) is 19.4. The molecule has 3 heterocycles. The van der Waals surface area contributed by atoms with E-state index in [9.17, 15) is 19.6 Å². The van der Waals surface area contributed by atoms with Crippen molar-refractivity contribution >= 4 is 42.1 Å². The maximum absolute atomic E-state index is 11.3. The number of benzene rings is 1. The van der Waals surface area contributed by atoms with Gasteiger partial charge in [-0.05, 0) is 17.2 Å². The zero-order valence-electron chi connectivity index (χ0n) is 17.7. The van der Waals surface area contributed by atoms with E-state index in [1.165, 1.54) is 10.9 Å². The number of anilines is 1. The maximum atomic E-state index is 11.3. The molecule has 1 aliphatic rings. The van der Waals surface area contributed by atoms with Gasteiger partial charge in [0.25, 0.3) is 5.85 Å². The summed E-state index contributed by atoms with van der Waals surface area (Å²) in [5, 5.41) is 32.9. The second kappa shape index (κ2) is 10.1. The largest absolute Gasteiger partial charge is 0.479 e. The lowest BCUT2D eigenvalue weighted by atomic mass is 10.1. The Labute approximate surface area is 202 Å². The molecule has 2 aromatic heterocycles. The summed E-state index contributed by atoms with van der Waals surface area (Å²) in [5.74, 6) is -4.01. The number of carbonyl (C=O) groups is 1. The van der Waals surface area contributed by atoms with Crippen LogP contribution in [0.4, 0.5) is 5.82 Å². The second-order valence-electron chi connectivity index (χ2n) is 7.66. The molecule has 5 atom stereocenters. The normalized spacial score (nSPS) is 23.5. The molecule has 0 saturated carbocycles. The number of aliphatic carboxylic acids is 1. The number of aliphatic hydroxyl groups excluding tert-OH is 2. The first-order valence-corrected chi connectivity index (χ1v) is 12.2. The Kier molecular flexibility index (Phi) is 7.35. The van der Waals surface area contributed by atoms with E-state index in [2.05, 4.69) is 20.3 Å². The Morgan fingerprint density at radius 1 is 1.23 bits per heavy atom. The van der Waals surface area contributed by atoms with Gasteiger partial charge in [-0.25, -0.2) is 9.78 Å². The number of halogens is 1. The van der Waals surface area contributed by atoms with Gasteiger partial charge in [0.2, 0.25) is 5.28 Å². The average Bonchev–Trinajstić information content (AvgIpc) is 3.33. The summed E-state index contributed by atoms with van der Waals surface area (Å²) in [5.41, 5.74) is 1.46. The van der Waals surface area contributed by atoms with Crippen LogP contribution in [0.1, 0.15) is 11.8 Å². The van der Waals surface area contributed by atoms with Crippen molar-refractivity contribution in [3.05, 3.63) is 47.5 Å². The molecule has 0 radical (unpaired) electrons. The lowest BCUT2D eigenvalue weighted by molar-refractivity contribution is -0.149. The Balaban J connectivity index is 1.54. The van der Waals surface area contributed by atoms with E-state index in [1.54, 1.807) is 0 Å². The smallest absolute Gasteiger partial charge is 0.365 e. The van der Waals surface area contributed by atoms with Crippen LogP contribution >= 0.6 is 19.2 Å². The molecule has 0 aliphatic carbocycles. The highest BCUT2D eigenvalue weighted by molar-refractivity contribution is 7.53. The van der Waals surface area contributed by atoms with Gasteiger partial charge < -0.3 is 39.9 Å². The van der Waals surface area contributed by atoms with Gasteiger partial charge in [-0.15, -0.1) is 0 Å². The first-order chi connectivity index (χ1) is 16.6. The van der Waals surface area contributed by atoms with Gasteiger partial charge in [0.1, 0.15) is 18.3 Å². The molecular formula is C19H21ClN5O9P. The summed E-state index contributed by atoms with van der Waals surface area (Å²) in [7, 11) is -5.14. The van der Waals surface area contributed by atoms with Gasteiger partial charge in [0.05, 0.1) is 12.9 Å². The van der Waals surface area contributed by atoms with Gasteiger partial charge in [-0.2, -0.15) is 9.97 Å². The first-order valence-electron chi connectivity index (χ1n) is 10.2. The minimum atomic E-state index is -5.14. The van der Waals surface area contributed by atoms with Crippen LogP contribution in [0.25, 0.3) is 11.2 Å². The van der Waals surface area contributed by atoms with Gasteiger partial charge in [-0.3, -0.25) is 9.13 Å². The predicted molar refractivity (Wildman–Crippen MR) is 119 cm³/mol. The number of nitrogens with one attached hydrogen (secondary N) is 1. The SMILES string of the molecule is O=C(O)C(OC[C@H]1O[C@@H](n2cnc3c(NCc4ccccc4)nc(Cl)nc32)[C@H](O)[C@@H]1O)P(=O)(O)O. The van der Waals surface area contributed by atoms with E-state index < -0.39 is 50.6 Å². The van der Waals surface area contributed by atoms with Crippen molar-refractivity contribution in [1.82, 2.24) is 19.5 Å². The third-order valence-corrected chi connectivity index (χ3v) is 6.39. The Hall–Kier alpha value is -2.68. The Morgan fingerprint density at radius 3 is 2.60 bits per heavy atom. The summed E-state index contributed by atoms with van der Waals surface area (Å²) in [6.45, 7) is -0.301. The number of fused-ring (bicyclic) bond motifs is 1. The number of rotatable bonds is 9. The lowest BCUT2D eigenvalue weighted by Gasteiger charge is -2.19. The van der Waals surface area contributed by atoms with Crippen molar-refractivity contribution in [2.45, 2.75) is 36.9 Å². The topological polar surface area (TPSA) is 209 Å². The molecule has 0 spiro atoms. The van der Waals surface area contributed by atoms with Crippen molar-refractivity contribution in [2.24, 2.45) is 0 Å². The molecule has 188 valence electrons. The van der Waals surface area contributed by atoms with Crippen LogP contribution in [0.3, 0.4) is 0 Å². The zero-order chi connectivity index (χ0) is 25.3. The molecule has 4 rings (SSSR count). The van der Waals surface area contributed by atoms with E-state index in [0.29, 0.717) is 17.9 Å². The minimum Gasteiger partial charge on any atom is -0.479 e. The predicted octanol–water partition coefficient (Wildman–Crippen LogP) is 0.316. The van der Waals surface area contributed by atoms with Crippen LogP contribution in [-0.2, 0) is 25.4 Å². The third kappa shape index (κ3) is 5.44. The van der Waals surface area contributed by atoms with E-state index in [1.807, 2.05) is 30.3 Å². The van der Waals surface area contributed by atoms with Gasteiger partial charge in [0, 0.05) is 6.54 Å². The van der Waals surface area contributed by atoms with Gasteiger partial charge in [-0.1, -0.05) is 30.3 Å². The van der Waals surface area contributed by atoms with Crippen LogP contribution in [0.5, 0.6) is 0 Å². The molecule has 0 bridgehead atoms. The summed E-state index contributed by atoms with van der Waals surface area (Å²) >= 11 is 6.09. The highest BCUT2D eigenvalue weighted by atomic mass is 35.5. The Morgan fingerprint density at radius 2 is 1.94 bits per heavy atom. The number of aliphatic hydroxyl groups is 2. The van der Waals surface area contributed by atoms with E-state index in [-0.39, 0.29) is 10.9 Å². The monoisotopic (exact) mass is 529 g/mol. The van der Waals surface area contributed by atoms with Crippen molar-refractivity contribution in [3.8, 4) is 0 Å². The van der Waals surface area contributed by atoms with Gasteiger partial charge >= 0.3 is 13.6 Å². The standard InChI is InChI=1S/C19H21ClN5O9P/c20-19-23-14(21-6-9-4-2-1-3-5-9)11-15(24-19)25(8-22-11)16-13(27)12(26)10(34-16)7-33-18(17(28)29)35(30,31)32/h1-5,8,10,12-13,16,18,26-27H,6-7H2,(H,28,29)(H,21,23,24)(H2,30,31,32)/t10-,12-,13-,16-,18?/m1/s1. The van der Waals surface area contributed by atoms with Crippen LogP contribution < -0.4 is 5.32 Å². The molecule has 14 nitrogen and oxygen atoms in total. The summed E-state index contributed by atoms with van der Waals surface area (Å²) in [4.78, 5) is 41.9. The van der Waals surface area contributed by atoms with Crippen LogP contribution in [0, 0.1) is 0 Å². The van der Waals surface area contributed by atoms with Crippen LogP contribution in [0.15, 0.2) is 36.7 Å². The van der Waals surface area contributed by atoms with Crippen molar-refractivity contribution < 1.29 is 43.9 Å². The molecule has 1 unspecified atom stereocenters. The number of nitrogens with zero attached hydrogens (tertiary/aromatic N) is 4. The van der Waals surface area contributed by atoms with Crippen molar-refractivity contribution in [2.75, 3.05) is 11.9 Å². The second-order valence-corrected chi connectivity index (χ2v) is 9.65. The molecule has 1 aliphatic heterocycles. The molecule has 1 aromatic carbocycles. The molecule has 1 fully saturated rings. The Bertz CT molecular complexity index is 1260. The average molecular weight is 530 g/mol. The minimum absolute atomic E-state index is 0.117. The van der Waals surface area contributed by atoms with Crippen molar-refractivity contribution in [3.63, 3.8) is 0 Å². The molecular weight excluding hydrogens is 509 g/mol. The fraction of sp³-hybridized carbons (Fsp3) is 0.368. The molecule has 1 saturated heterocycles. The molecule has 3 aromatic rings. The third-order valence-electron chi connectivity index (χ3n) is 5.24. The van der Waals surface area contributed by atoms with E-state index in [4.69, 9.17) is 36.0 Å². The number of ether oxygens (including phenoxy) is 2. The maximum Gasteiger partial charge on any atom is 0.365 e. The summed E-state index contributed by atoms with van der Waals surface area (Å²) < 4.78 is 23.0. The fourth-order valence-corrected chi connectivity index (χ4v) is 4.31. The first kappa shape index (κ1) is 25.4. The number of carboxylic acids is 1. The fourth-order valence-electron chi connectivity index (χ4n) is 3.58. The number of hydrogen-bond donors (Lipinski definition) is 6. The van der Waals surface area contributed by atoms with E-state index in [0.717, 1.165) is 5.56 Å². The molecule has 35 heavy (non-hydrogen) atoms. The van der Waals surface area contributed by atoms with Crippen molar-refractivity contribution in [1.29, 1.82) is 0 Å². The van der Waals surface area contributed by atoms with Crippen LogP contribution in [0.2, 0.25) is 5.28 Å². The lowest BCUT2D eigenvalue weighted by Crippen LogP contribution is -2.36. The molecule has 6 N–H and O–H groups in total. The van der Waals surface area contributed by atoms with Gasteiger partial charge in [0.15, 0.2) is 23.2 Å². The number of imidazole rings is 1. The van der Waals surface area contributed by atoms with E-state index >= 15 is 0 Å². The highest BCUT2D eigenvalue weighted by Gasteiger charge is 2.46. The molecule has 16 heteroatoms. The number of aromatic nitrogens is 4. The van der Waals surface area contributed by atoms with Crippen LogP contribution in [-0.4, -0.2) is 81.4 Å². The summed E-state index contributed by atoms with van der Waals surface area (Å²) in [6, 6.07) is 9.49.